The summed E-state index contributed by atoms with van der Waals surface area (Å²) in [4.78, 5) is 15.3. The number of nitrogens with one attached hydrogen (secondary N) is 2. The number of ether oxygens (including phenoxy) is 2. The van der Waals surface area contributed by atoms with Crippen molar-refractivity contribution >= 4 is 22.4 Å². The fraction of sp³-hybridized carbons (Fsp3) is 0.476. The molecule has 3 aromatic rings. The molecule has 9 nitrogen and oxygen atoms in total. The maximum Gasteiger partial charge on any atom is 0.275 e. The molecule has 0 spiro atoms. The maximum atomic E-state index is 13.0. The SMILES string of the molecule is Cc1cc(Nc2nn(C(C)C)c(=O)c3cc(OCCN4CCOCC4)ccc23)n[nH]1. The van der Waals surface area contributed by atoms with Crippen molar-refractivity contribution in [3.63, 3.8) is 0 Å². The molecule has 1 aromatic carbocycles. The predicted octanol–water partition coefficient (Wildman–Crippen LogP) is 2.46. The quantitative estimate of drug-likeness (QED) is 0.615. The van der Waals surface area contributed by atoms with Crippen LogP contribution in [0.5, 0.6) is 5.75 Å². The second-order valence-electron chi connectivity index (χ2n) is 7.76. The van der Waals surface area contributed by atoms with E-state index in [0.717, 1.165) is 43.9 Å². The van der Waals surface area contributed by atoms with E-state index in [9.17, 15) is 4.79 Å². The minimum absolute atomic E-state index is 0.0748. The number of aryl methyl sites for hydroxylation is 1. The second-order valence-corrected chi connectivity index (χ2v) is 7.76. The molecule has 2 aromatic heterocycles. The van der Waals surface area contributed by atoms with Crippen LogP contribution in [-0.4, -0.2) is 64.3 Å². The van der Waals surface area contributed by atoms with Gasteiger partial charge in [-0.05, 0) is 39.0 Å². The zero-order valence-electron chi connectivity index (χ0n) is 17.6. The van der Waals surface area contributed by atoms with Crippen LogP contribution < -0.4 is 15.6 Å². The van der Waals surface area contributed by atoms with Crippen molar-refractivity contribution in [2.45, 2.75) is 26.8 Å². The molecule has 2 N–H and O–H groups in total. The van der Waals surface area contributed by atoms with E-state index in [2.05, 4.69) is 25.5 Å². The van der Waals surface area contributed by atoms with Crippen LogP contribution in [0.1, 0.15) is 25.6 Å². The Morgan fingerprint density at radius 3 is 2.73 bits per heavy atom. The molecule has 0 amide bonds. The van der Waals surface area contributed by atoms with Gasteiger partial charge in [-0.25, -0.2) is 4.68 Å². The van der Waals surface area contributed by atoms with Crippen LogP contribution in [0.2, 0.25) is 0 Å². The van der Waals surface area contributed by atoms with Gasteiger partial charge in [-0.2, -0.15) is 10.2 Å². The number of aromatic nitrogens is 4. The number of morpholine rings is 1. The summed E-state index contributed by atoms with van der Waals surface area (Å²) in [5.41, 5.74) is 0.803. The summed E-state index contributed by atoms with van der Waals surface area (Å²) in [5.74, 6) is 1.92. The highest BCUT2D eigenvalue weighted by atomic mass is 16.5. The molecule has 0 bridgehead atoms. The van der Waals surface area contributed by atoms with Gasteiger partial charge < -0.3 is 14.8 Å². The van der Waals surface area contributed by atoms with Crippen molar-refractivity contribution < 1.29 is 9.47 Å². The van der Waals surface area contributed by atoms with Crippen molar-refractivity contribution in [2.75, 3.05) is 44.8 Å². The van der Waals surface area contributed by atoms with Gasteiger partial charge in [0.05, 0.1) is 24.6 Å². The van der Waals surface area contributed by atoms with Gasteiger partial charge in [0.2, 0.25) is 0 Å². The molecule has 4 rings (SSSR count). The van der Waals surface area contributed by atoms with E-state index < -0.39 is 0 Å². The number of hydrogen-bond acceptors (Lipinski definition) is 7. The first-order chi connectivity index (χ1) is 14.5. The Morgan fingerprint density at radius 1 is 1.23 bits per heavy atom. The molecule has 0 saturated carbocycles. The van der Waals surface area contributed by atoms with Gasteiger partial charge in [-0.1, -0.05) is 0 Å². The van der Waals surface area contributed by atoms with Gasteiger partial charge in [0.15, 0.2) is 11.6 Å². The highest BCUT2D eigenvalue weighted by Gasteiger charge is 2.15. The van der Waals surface area contributed by atoms with Crippen molar-refractivity contribution in [2.24, 2.45) is 0 Å². The Hall–Kier alpha value is -2.91. The minimum Gasteiger partial charge on any atom is -0.492 e. The fourth-order valence-corrected chi connectivity index (χ4v) is 3.49. The van der Waals surface area contributed by atoms with E-state index in [1.54, 1.807) is 6.07 Å². The zero-order valence-corrected chi connectivity index (χ0v) is 17.6. The standard InChI is InChI=1S/C21H28N6O3/c1-14(2)27-21(28)18-13-16(30-11-8-26-6-9-29-10-7-26)4-5-17(18)20(25-27)22-19-12-15(3)23-24-19/h4-5,12-14H,6-11H2,1-3H3,(H2,22,23,24,25). The van der Waals surface area contributed by atoms with Crippen molar-refractivity contribution in [1.82, 2.24) is 24.9 Å². The third kappa shape index (κ3) is 4.47. The Labute approximate surface area is 175 Å². The van der Waals surface area contributed by atoms with Gasteiger partial charge in [-0.15, -0.1) is 0 Å². The number of rotatable bonds is 7. The number of benzene rings is 1. The molecule has 0 radical (unpaired) electrons. The predicted molar refractivity (Wildman–Crippen MR) is 116 cm³/mol. The third-order valence-electron chi connectivity index (χ3n) is 5.11. The number of nitrogens with zero attached hydrogens (tertiary/aromatic N) is 4. The van der Waals surface area contributed by atoms with Crippen molar-refractivity contribution in [3.8, 4) is 5.75 Å². The third-order valence-corrected chi connectivity index (χ3v) is 5.11. The van der Waals surface area contributed by atoms with Crippen LogP contribution in [0, 0.1) is 6.92 Å². The number of aromatic amines is 1. The lowest BCUT2D eigenvalue weighted by atomic mass is 10.1. The highest BCUT2D eigenvalue weighted by molar-refractivity contribution is 5.93. The lowest BCUT2D eigenvalue weighted by molar-refractivity contribution is 0.0322. The summed E-state index contributed by atoms with van der Waals surface area (Å²) in [6, 6.07) is 7.37. The minimum atomic E-state index is -0.137. The molecular formula is C21H28N6O3. The topological polar surface area (TPSA) is 97.3 Å². The van der Waals surface area contributed by atoms with Crippen molar-refractivity contribution in [1.29, 1.82) is 0 Å². The normalized spacial score (nSPS) is 15.1. The van der Waals surface area contributed by atoms with Gasteiger partial charge in [0.1, 0.15) is 12.4 Å². The van der Waals surface area contributed by atoms with Crippen LogP contribution in [-0.2, 0) is 4.74 Å². The molecule has 9 heteroatoms. The van der Waals surface area contributed by atoms with E-state index in [1.807, 2.05) is 39.0 Å². The first-order valence-electron chi connectivity index (χ1n) is 10.3. The molecule has 160 valence electrons. The van der Waals surface area contributed by atoms with E-state index in [-0.39, 0.29) is 11.6 Å². The molecule has 0 unspecified atom stereocenters. The molecule has 30 heavy (non-hydrogen) atoms. The largest absolute Gasteiger partial charge is 0.492 e. The molecule has 1 fully saturated rings. The fourth-order valence-electron chi connectivity index (χ4n) is 3.49. The summed E-state index contributed by atoms with van der Waals surface area (Å²) in [6.45, 7) is 10.6. The maximum absolute atomic E-state index is 13.0. The summed E-state index contributed by atoms with van der Waals surface area (Å²) in [7, 11) is 0. The second kappa shape index (κ2) is 8.85. The smallest absolute Gasteiger partial charge is 0.275 e. The van der Waals surface area contributed by atoms with Crippen LogP contribution in [0.15, 0.2) is 29.1 Å². The van der Waals surface area contributed by atoms with Gasteiger partial charge >= 0.3 is 0 Å². The molecule has 1 aliphatic heterocycles. The lowest BCUT2D eigenvalue weighted by Gasteiger charge is -2.26. The molecule has 1 saturated heterocycles. The van der Waals surface area contributed by atoms with Crippen molar-refractivity contribution in [3.05, 3.63) is 40.3 Å². The molecule has 0 aliphatic carbocycles. The monoisotopic (exact) mass is 412 g/mol. The highest BCUT2D eigenvalue weighted by Crippen LogP contribution is 2.26. The summed E-state index contributed by atoms with van der Waals surface area (Å²) in [5, 5.41) is 16.2. The Bertz CT molecular complexity index is 1070. The van der Waals surface area contributed by atoms with Crippen LogP contribution in [0.3, 0.4) is 0 Å². The first-order valence-corrected chi connectivity index (χ1v) is 10.3. The van der Waals surface area contributed by atoms with E-state index in [0.29, 0.717) is 29.4 Å². The van der Waals surface area contributed by atoms with Gasteiger partial charge in [0.25, 0.3) is 5.56 Å². The van der Waals surface area contributed by atoms with Gasteiger partial charge in [-0.3, -0.25) is 14.8 Å². The summed E-state index contributed by atoms with van der Waals surface area (Å²) < 4.78 is 12.8. The summed E-state index contributed by atoms with van der Waals surface area (Å²) >= 11 is 0. The Kier molecular flexibility index (Phi) is 6.01. The number of hydrogen-bond donors (Lipinski definition) is 2. The molecule has 1 aliphatic rings. The van der Waals surface area contributed by atoms with Crippen LogP contribution >= 0.6 is 0 Å². The lowest BCUT2D eigenvalue weighted by Crippen LogP contribution is -2.38. The van der Waals surface area contributed by atoms with Crippen LogP contribution in [0.25, 0.3) is 10.8 Å². The Morgan fingerprint density at radius 2 is 2.03 bits per heavy atom. The van der Waals surface area contributed by atoms with Gasteiger partial charge in [0, 0.05) is 36.8 Å². The van der Waals surface area contributed by atoms with E-state index in [4.69, 9.17) is 9.47 Å². The molecular weight excluding hydrogens is 384 g/mol. The Balaban J connectivity index is 1.60. The zero-order chi connectivity index (χ0) is 21.1. The van der Waals surface area contributed by atoms with E-state index in [1.165, 1.54) is 4.68 Å². The average molecular weight is 412 g/mol. The average Bonchev–Trinajstić information content (AvgIpc) is 3.15. The first kappa shape index (κ1) is 20.4. The number of anilines is 2. The number of fused-ring (bicyclic) bond motifs is 1. The molecule has 3 heterocycles. The van der Waals surface area contributed by atoms with Crippen LogP contribution in [0.4, 0.5) is 11.6 Å². The number of H-pyrrole nitrogens is 1. The van der Waals surface area contributed by atoms with E-state index >= 15 is 0 Å². The molecule has 0 atom stereocenters. The summed E-state index contributed by atoms with van der Waals surface area (Å²) in [6.07, 6.45) is 0.